The molecular formula is C10H21NO3. The summed E-state index contributed by atoms with van der Waals surface area (Å²) in [4.78, 5) is 0. The monoisotopic (exact) mass is 203 g/mol. The van der Waals surface area contributed by atoms with Gasteiger partial charge < -0.3 is 19.9 Å². The van der Waals surface area contributed by atoms with Crippen LogP contribution < -0.4 is 5.32 Å². The predicted octanol–water partition coefficient (Wildman–Crippen LogP) is 0.152. The lowest BCUT2D eigenvalue weighted by atomic mass is 10.2. The Hall–Kier alpha value is -0.160. The molecule has 4 heteroatoms. The van der Waals surface area contributed by atoms with Crippen LogP contribution in [0.3, 0.4) is 0 Å². The summed E-state index contributed by atoms with van der Waals surface area (Å²) < 4.78 is 10.2. The zero-order valence-electron chi connectivity index (χ0n) is 8.87. The molecular weight excluding hydrogens is 182 g/mol. The molecule has 1 fully saturated rings. The zero-order chi connectivity index (χ0) is 10.2. The summed E-state index contributed by atoms with van der Waals surface area (Å²) >= 11 is 0. The van der Waals surface area contributed by atoms with Crippen LogP contribution in [-0.4, -0.2) is 50.7 Å². The summed E-state index contributed by atoms with van der Waals surface area (Å²) in [7, 11) is 1.66. The molecule has 4 nitrogen and oxygen atoms in total. The fourth-order valence-electron chi connectivity index (χ4n) is 1.74. The van der Waals surface area contributed by atoms with E-state index < -0.39 is 0 Å². The van der Waals surface area contributed by atoms with Gasteiger partial charge in [-0.1, -0.05) is 0 Å². The van der Waals surface area contributed by atoms with E-state index in [1.165, 1.54) is 0 Å². The van der Waals surface area contributed by atoms with Gasteiger partial charge in [0, 0.05) is 19.7 Å². The summed E-state index contributed by atoms with van der Waals surface area (Å²) in [5, 5.41) is 12.8. The van der Waals surface area contributed by atoms with E-state index in [9.17, 15) is 5.11 Å². The van der Waals surface area contributed by atoms with Crippen molar-refractivity contribution in [2.75, 3.05) is 33.5 Å². The van der Waals surface area contributed by atoms with Crippen molar-refractivity contribution in [3.05, 3.63) is 0 Å². The summed E-state index contributed by atoms with van der Waals surface area (Å²) in [6.45, 7) is 2.79. The number of hydrogen-bond donors (Lipinski definition) is 2. The molecule has 84 valence electrons. The zero-order valence-corrected chi connectivity index (χ0v) is 8.87. The van der Waals surface area contributed by atoms with Crippen molar-refractivity contribution in [2.24, 2.45) is 0 Å². The highest BCUT2D eigenvalue weighted by molar-refractivity contribution is 4.82. The van der Waals surface area contributed by atoms with E-state index in [2.05, 4.69) is 5.32 Å². The van der Waals surface area contributed by atoms with E-state index in [1.807, 2.05) is 0 Å². The van der Waals surface area contributed by atoms with E-state index in [0.29, 0.717) is 19.8 Å². The van der Waals surface area contributed by atoms with Gasteiger partial charge in [0.15, 0.2) is 0 Å². The summed E-state index contributed by atoms with van der Waals surface area (Å²) in [6.07, 6.45) is 2.99. The van der Waals surface area contributed by atoms with Crippen LogP contribution in [0.15, 0.2) is 0 Å². The molecule has 0 heterocycles. The average molecular weight is 203 g/mol. The molecule has 0 bridgehead atoms. The molecule has 0 aromatic heterocycles. The second kappa shape index (κ2) is 7.17. The predicted molar refractivity (Wildman–Crippen MR) is 54.3 cm³/mol. The summed E-state index contributed by atoms with van der Waals surface area (Å²) in [6, 6.07) is 0.279. The van der Waals surface area contributed by atoms with Crippen LogP contribution in [0.25, 0.3) is 0 Å². The van der Waals surface area contributed by atoms with Crippen LogP contribution in [0.2, 0.25) is 0 Å². The molecule has 0 amide bonds. The van der Waals surface area contributed by atoms with Gasteiger partial charge in [-0.15, -0.1) is 0 Å². The molecule has 0 aliphatic heterocycles. The lowest BCUT2D eigenvalue weighted by Gasteiger charge is -2.16. The normalized spacial score (nSPS) is 27.0. The Morgan fingerprint density at radius 2 is 2.14 bits per heavy atom. The minimum absolute atomic E-state index is 0.158. The number of aliphatic hydroxyl groups is 1. The van der Waals surface area contributed by atoms with Gasteiger partial charge in [-0.2, -0.15) is 0 Å². The minimum atomic E-state index is -0.158. The van der Waals surface area contributed by atoms with Crippen molar-refractivity contribution in [1.29, 1.82) is 0 Å². The van der Waals surface area contributed by atoms with E-state index >= 15 is 0 Å². The number of methoxy groups -OCH3 is 1. The van der Waals surface area contributed by atoms with Gasteiger partial charge in [-0.3, -0.25) is 0 Å². The van der Waals surface area contributed by atoms with Gasteiger partial charge in [0.25, 0.3) is 0 Å². The van der Waals surface area contributed by atoms with Gasteiger partial charge in [0.1, 0.15) is 0 Å². The highest BCUT2D eigenvalue weighted by Crippen LogP contribution is 2.18. The molecule has 0 unspecified atom stereocenters. The van der Waals surface area contributed by atoms with E-state index in [1.54, 1.807) is 7.11 Å². The standard InChI is InChI=1S/C10H21NO3/c1-13-7-8-14-6-5-11-9-3-2-4-10(9)12/h9-12H,2-8H2,1H3/t9-,10-/m1/s1. The Balaban J connectivity index is 1.88. The average Bonchev–Trinajstić information content (AvgIpc) is 2.58. The quantitative estimate of drug-likeness (QED) is 0.578. The van der Waals surface area contributed by atoms with Gasteiger partial charge in [-0.05, 0) is 19.3 Å². The maximum Gasteiger partial charge on any atom is 0.0700 e. The molecule has 0 spiro atoms. The Kier molecular flexibility index (Phi) is 6.10. The van der Waals surface area contributed by atoms with E-state index in [4.69, 9.17) is 9.47 Å². The third-order valence-electron chi connectivity index (χ3n) is 2.56. The first-order valence-electron chi connectivity index (χ1n) is 5.32. The molecule has 1 aliphatic rings. The fraction of sp³-hybridized carbons (Fsp3) is 1.00. The van der Waals surface area contributed by atoms with Crippen LogP contribution in [0.4, 0.5) is 0 Å². The SMILES string of the molecule is COCCOCCN[C@@H]1CCC[C@H]1O. The van der Waals surface area contributed by atoms with Gasteiger partial charge in [0.2, 0.25) is 0 Å². The molecule has 0 radical (unpaired) electrons. The molecule has 0 aromatic carbocycles. The van der Waals surface area contributed by atoms with Crippen molar-refractivity contribution in [3.63, 3.8) is 0 Å². The molecule has 2 N–H and O–H groups in total. The molecule has 0 saturated heterocycles. The van der Waals surface area contributed by atoms with Crippen LogP contribution in [0.5, 0.6) is 0 Å². The Bertz CT molecular complexity index is 143. The van der Waals surface area contributed by atoms with Crippen molar-refractivity contribution in [2.45, 2.75) is 31.4 Å². The number of ether oxygens (including phenoxy) is 2. The first-order valence-corrected chi connectivity index (χ1v) is 5.32. The number of hydrogen-bond acceptors (Lipinski definition) is 4. The Morgan fingerprint density at radius 3 is 2.79 bits per heavy atom. The van der Waals surface area contributed by atoms with Crippen molar-refractivity contribution >= 4 is 0 Å². The second-order valence-electron chi connectivity index (χ2n) is 3.66. The first-order chi connectivity index (χ1) is 6.84. The van der Waals surface area contributed by atoms with Crippen molar-refractivity contribution < 1.29 is 14.6 Å². The smallest absolute Gasteiger partial charge is 0.0700 e. The van der Waals surface area contributed by atoms with E-state index in [0.717, 1.165) is 25.8 Å². The molecule has 1 aliphatic carbocycles. The fourth-order valence-corrected chi connectivity index (χ4v) is 1.74. The lowest BCUT2D eigenvalue weighted by molar-refractivity contribution is 0.0680. The van der Waals surface area contributed by atoms with Gasteiger partial charge in [-0.25, -0.2) is 0 Å². The number of nitrogens with one attached hydrogen (secondary N) is 1. The Labute approximate surface area is 85.6 Å². The highest BCUT2D eigenvalue weighted by Gasteiger charge is 2.23. The Morgan fingerprint density at radius 1 is 1.29 bits per heavy atom. The molecule has 14 heavy (non-hydrogen) atoms. The number of aliphatic hydroxyl groups excluding tert-OH is 1. The van der Waals surface area contributed by atoms with E-state index in [-0.39, 0.29) is 12.1 Å². The van der Waals surface area contributed by atoms with Crippen LogP contribution in [0, 0.1) is 0 Å². The van der Waals surface area contributed by atoms with Crippen molar-refractivity contribution in [1.82, 2.24) is 5.32 Å². The second-order valence-corrected chi connectivity index (χ2v) is 3.66. The topological polar surface area (TPSA) is 50.7 Å². The highest BCUT2D eigenvalue weighted by atomic mass is 16.5. The third-order valence-corrected chi connectivity index (χ3v) is 2.56. The van der Waals surface area contributed by atoms with Crippen LogP contribution in [0.1, 0.15) is 19.3 Å². The largest absolute Gasteiger partial charge is 0.392 e. The maximum absolute atomic E-state index is 9.51. The summed E-state index contributed by atoms with van der Waals surface area (Å²) in [5.41, 5.74) is 0. The van der Waals surface area contributed by atoms with Crippen LogP contribution in [-0.2, 0) is 9.47 Å². The maximum atomic E-state index is 9.51. The number of rotatable bonds is 7. The molecule has 1 saturated carbocycles. The van der Waals surface area contributed by atoms with Gasteiger partial charge >= 0.3 is 0 Å². The van der Waals surface area contributed by atoms with Crippen LogP contribution >= 0.6 is 0 Å². The lowest BCUT2D eigenvalue weighted by Crippen LogP contribution is -2.37. The first kappa shape index (κ1) is 11.9. The van der Waals surface area contributed by atoms with Crippen molar-refractivity contribution in [3.8, 4) is 0 Å². The molecule has 1 rings (SSSR count). The minimum Gasteiger partial charge on any atom is -0.392 e. The van der Waals surface area contributed by atoms with Gasteiger partial charge in [0.05, 0.1) is 25.9 Å². The third kappa shape index (κ3) is 4.37. The molecule has 2 atom stereocenters. The summed E-state index contributed by atoms with van der Waals surface area (Å²) in [5.74, 6) is 0. The molecule has 0 aromatic rings.